The Balaban J connectivity index is 1.94. The summed E-state index contributed by atoms with van der Waals surface area (Å²) in [5.74, 6) is -0.230. The largest absolute Gasteiger partial charge is 0.384 e. The molecule has 0 spiro atoms. The summed E-state index contributed by atoms with van der Waals surface area (Å²) in [5.41, 5.74) is 2.25. The number of nitrogens with one attached hydrogen (secondary N) is 2. The van der Waals surface area contributed by atoms with Crippen molar-refractivity contribution in [1.29, 1.82) is 5.26 Å². The smallest absolute Gasteiger partial charge is 0.226 e. The van der Waals surface area contributed by atoms with Crippen molar-refractivity contribution in [3.8, 4) is 6.07 Å². The van der Waals surface area contributed by atoms with Crippen LogP contribution in [-0.4, -0.2) is 18.2 Å². The Bertz CT molecular complexity index is 795. The lowest BCUT2D eigenvalue weighted by molar-refractivity contribution is -0.115. The number of carbonyl (C=O) groups excluding carboxylic acids is 2. The number of amides is 1. The first kappa shape index (κ1) is 17.7. The molecular weight excluding hydrogens is 370 g/mol. The van der Waals surface area contributed by atoms with Crippen LogP contribution in [0.15, 0.2) is 46.9 Å². The Hall–Kier alpha value is -2.65. The second-order valence-electron chi connectivity index (χ2n) is 5.16. The predicted molar refractivity (Wildman–Crippen MR) is 97.0 cm³/mol. The lowest BCUT2D eigenvalue weighted by Gasteiger charge is -2.11. The molecule has 0 atom stereocenters. The summed E-state index contributed by atoms with van der Waals surface area (Å²) in [5, 5.41) is 14.8. The quantitative estimate of drug-likeness (QED) is 0.737. The highest BCUT2D eigenvalue weighted by Gasteiger charge is 2.09. The minimum atomic E-state index is -0.134. The molecule has 2 rings (SSSR count). The number of nitrogens with zero attached hydrogens (tertiary/aromatic N) is 1. The third-order valence-corrected chi connectivity index (χ3v) is 3.85. The molecule has 1 amide bonds. The van der Waals surface area contributed by atoms with E-state index in [2.05, 4.69) is 26.6 Å². The Kier molecular flexibility index (Phi) is 6.10. The first-order valence-electron chi connectivity index (χ1n) is 7.34. The summed E-state index contributed by atoms with van der Waals surface area (Å²) < 4.78 is 0.941. The topological polar surface area (TPSA) is 82.0 Å². The number of Topliss-reactive ketones (excluding diaryl/α,β-unsaturated/α-hetero) is 1. The van der Waals surface area contributed by atoms with Gasteiger partial charge in [-0.2, -0.15) is 5.26 Å². The molecular formula is C18H16BrN3O2. The summed E-state index contributed by atoms with van der Waals surface area (Å²) in [6, 6.07) is 14.2. The van der Waals surface area contributed by atoms with Gasteiger partial charge in [-0.05, 0) is 49.4 Å². The summed E-state index contributed by atoms with van der Waals surface area (Å²) in [7, 11) is 0. The lowest BCUT2D eigenvalue weighted by Crippen LogP contribution is -2.17. The maximum Gasteiger partial charge on any atom is 0.226 e. The van der Waals surface area contributed by atoms with E-state index in [0.717, 1.165) is 10.2 Å². The van der Waals surface area contributed by atoms with Crippen molar-refractivity contribution in [2.45, 2.75) is 13.3 Å². The molecule has 24 heavy (non-hydrogen) atoms. The van der Waals surface area contributed by atoms with Gasteiger partial charge < -0.3 is 10.6 Å². The molecule has 0 unspecified atom stereocenters. The number of benzene rings is 2. The monoisotopic (exact) mass is 385 g/mol. The normalized spacial score (nSPS) is 9.88. The van der Waals surface area contributed by atoms with Gasteiger partial charge in [-0.1, -0.05) is 15.9 Å². The predicted octanol–water partition coefficient (Wildman–Crippen LogP) is 3.96. The molecule has 122 valence electrons. The zero-order valence-corrected chi connectivity index (χ0v) is 14.7. The number of anilines is 2. The second kappa shape index (κ2) is 8.27. The van der Waals surface area contributed by atoms with Crippen molar-refractivity contribution in [1.82, 2.24) is 0 Å². The molecule has 6 heteroatoms. The Morgan fingerprint density at radius 3 is 2.50 bits per heavy atom. The maximum atomic E-state index is 11.9. The van der Waals surface area contributed by atoms with Crippen LogP contribution in [0.25, 0.3) is 0 Å². The van der Waals surface area contributed by atoms with Gasteiger partial charge in [0.25, 0.3) is 0 Å². The fourth-order valence-corrected chi connectivity index (χ4v) is 2.40. The van der Waals surface area contributed by atoms with Crippen molar-refractivity contribution in [3.05, 3.63) is 58.1 Å². The van der Waals surface area contributed by atoms with Crippen LogP contribution in [-0.2, 0) is 4.79 Å². The van der Waals surface area contributed by atoms with Gasteiger partial charge in [-0.15, -0.1) is 0 Å². The molecule has 0 saturated heterocycles. The molecule has 0 aliphatic carbocycles. The van der Waals surface area contributed by atoms with Crippen molar-refractivity contribution < 1.29 is 9.59 Å². The molecule has 2 aromatic rings. The first-order chi connectivity index (χ1) is 11.5. The minimum absolute atomic E-state index is 0.0960. The van der Waals surface area contributed by atoms with Gasteiger partial charge in [-0.25, -0.2) is 0 Å². The summed E-state index contributed by atoms with van der Waals surface area (Å²) in [6.45, 7) is 1.82. The molecule has 0 radical (unpaired) electrons. The highest BCUT2D eigenvalue weighted by Crippen LogP contribution is 2.18. The third kappa shape index (κ3) is 4.93. The fourth-order valence-electron chi connectivity index (χ4n) is 2.13. The van der Waals surface area contributed by atoms with Crippen molar-refractivity contribution in [2.24, 2.45) is 0 Å². The van der Waals surface area contributed by atoms with Gasteiger partial charge in [0, 0.05) is 34.4 Å². The van der Waals surface area contributed by atoms with Crippen LogP contribution in [0.4, 0.5) is 11.4 Å². The van der Waals surface area contributed by atoms with Gasteiger partial charge in [-0.3, -0.25) is 9.59 Å². The van der Waals surface area contributed by atoms with Gasteiger partial charge in [0.2, 0.25) is 5.91 Å². The van der Waals surface area contributed by atoms with Crippen LogP contribution >= 0.6 is 15.9 Å². The zero-order valence-electron chi connectivity index (χ0n) is 13.1. The van der Waals surface area contributed by atoms with Crippen molar-refractivity contribution in [3.63, 3.8) is 0 Å². The number of hydrogen-bond acceptors (Lipinski definition) is 4. The lowest BCUT2D eigenvalue weighted by atomic mass is 10.1. The number of carbonyl (C=O) groups is 2. The Morgan fingerprint density at radius 2 is 1.88 bits per heavy atom. The molecule has 5 nitrogen and oxygen atoms in total. The van der Waals surface area contributed by atoms with E-state index in [-0.39, 0.29) is 18.1 Å². The van der Waals surface area contributed by atoms with E-state index in [0.29, 0.717) is 23.4 Å². The van der Waals surface area contributed by atoms with Gasteiger partial charge in [0.15, 0.2) is 5.78 Å². The zero-order chi connectivity index (χ0) is 17.5. The number of rotatable bonds is 6. The van der Waals surface area contributed by atoms with Gasteiger partial charge in [0.05, 0.1) is 11.6 Å². The van der Waals surface area contributed by atoms with E-state index < -0.39 is 0 Å². The second-order valence-corrected chi connectivity index (χ2v) is 6.08. The van der Waals surface area contributed by atoms with Crippen LogP contribution < -0.4 is 10.6 Å². The maximum absolute atomic E-state index is 11.9. The van der Waals surface area contributed by atoms with Crippen LogP contribution in [0, 0.1) is 11.3 Å². The van der Waals surface area contributed by atoms with Crippen LogP contribution in [0.2, 0.25) is 0 Å². The Labute approximate surface area is 148 Å². The van der Waals surface area contributed by atoms with Crippen LogP contribution in [0.5, 0.6) is 0 Å². The average Bonchev–Trinajstić information content (AvgIpc) is 2.56. The number of nitriles is 1. The third-order valence-electron chi connectivity index (χ3n) is 3.32. The average molecular weight is 386 g/mol. The highest BCUT2D eigenvalue weighted by molar-refractivity contribution is 9.10. The highest BCUT2D eigenvalue weighted by atomic mass is 79.9. The van der Waals surface area contributed by atoms with E-state index in [4.69, 9.17) is 5.26 Å². The summed E-state index contributed by atoms with van der Waals surface area (Å²) >= 11 is 3.34. The van der Waals surface area contributed by atoms with Crippen LogP contribution in [0.1, 0.15) is 29.3 Å². The minimum Gasteiger partial charge on any atom is -0.384 e. The number of ketones is 1. The van der Waals surface area contributed by atoms with E-state index in [1.165, 1.54) is 6.92 Å². The van der Waals surface area contributed by atoms with E-state index >= 15 is 0 Å². The van der Waals surface area contributed by atoms with Gasteiger partial charge in [0.1, 0.15) is 0 Å². The summed E-state index contributed by atoms with van der Waals surface area (Å²) in [4.78, 5) is 23.6. The molecule has 0 fully saturated rings. The SMILES string of the molecule is CC(=O)c1ccc(C#N)cc1NCCC(=O)Nc1ccc(Br)cc1. The standard InChI is InChI=1S/C18H16BrN3O2/c1-12(23)16-7-2-13(11-20)10-17(16)21-9-8-18(24)22-15-5-3-14(19)4-6-15/h2-7,10,21H,8-9H2,1H3,(H,22,24). The van der Waals surface area contributed by atoms with Crippen molar-refractivity contribution in [2.75, 3.05) is 17.2 Å². The molecule has 0 aromatic heterocycles. The fraction of sp³-hybridized carbons (Fsp3) is 0.167. The molecule has 0 aliphatic rings. The van der Waals surface area contributed by atoms with Crippen molar-refractivity contribution >= 4 is 39.0 Å². The first-order valence-corrected chi connectivity index (χ1v) is 8.13. The Morgan fingerprint density at radius 1 is 1.17 bits per heavy atom. The number of hydrogen-bond donors (Lipinski definition) is 2. The molecule has 0 aliphatic heterocycles. The molecule has 0 heterocycles. The van der Waals surface area contributed by atoms with Crippen LogP contribution in [0.3, 0.4) is 0 Å². The van der Waals surface area contributed by atoms with Gasteiger partial charge >= 0.3 is 0 Å². The molecule has 0 bridgehead atoms. The molecule has 2 N–H and O–H groups in total. The summed E-state index contributed by atoms with van der Waals surface area (Å²) in [6.07, 6.45) is 0.240. The molecule has 0 saturated carbocycles. The van der Waals surface area contributed by atoms with E-state index in [1.54, 1.807) is 30.3 Å². The van der Waals surface area contributed by atoms with E-state index in [1.807, 2.05) is 18.2 Å². The van der Waals surface area contributed by atoms with E-state index in [9.17, 15) is 9.59 Å². The molecule has 2 aromatic carbocycles. The number of halogens is 1.